The second kappa shape index (κ2) is 14.4. The molecule has 0 aliphatic carbocycles. The van der Waals surface area contributed by atoms with E-state index in [0.29, 0.717) is 12.8 Å². The normalized spacial score (nSPS) is 15.5. The van der Waals surface area contributed by atoms with Crippen molar-refractivity contribution in [1.29, 1.82) is 0 Å². The number of unbranched alkanes of at least 4 members (excludes halogenated alkanes) is 6. The molecule has 0 aromatic rings. The Bertz CT molecular complexity index is 388. The summed E-state index contributed by atoms with van der Waals surface area (Å²) < 4.78 is 90.2. The Morgan fingerprint density at radius 2 is 0.966 bits per heavy atom. The Labute approximate surface area is 177 Å². The molecule has 0 saturated carbocycles. The molecule has 0 aromatic heterocycles. The summed E-state index contributed by atoms with van der Waals surface area (Å²) in [6.07, 6.45) is -2.04. The molecular formula is C20H38F6O2Sn. The molecule has 0 saturated heterocycles. The van der Waals surface area contributed by atoms with Gasteiger partial charge >= 0.3 is 177 Å². The molecule has 2 nitrogen and oxygen atoms in total. The molecule has 0 aliphatic heterocycles. The first-order chi connectivity index (χ1) is 13.6. The molecule has 0 fully saturated rings. The first-order valence-electron chi connectivity index (χ1n) is 10.9. The summed E-state index contributed by atoms with van der Waals surface area (Å²) in [5.41, 5.74) is 0. The Kier molecular flexibility index (Phi) is 14.5. The second-order valence-corrected chi connectivity index (χ2v) is 16.4. The third-order valence-corrected chi connectivity index (χ3v) is 15.3. The van der Waals surface area contributed by atoms with E-state index in [1.807, 2.05) is 13.8 Å². The van der Waals surface area contributed by atoms with E-state index < -0.39 is 65.5 Å². The summed E-state index contributed by atoms with van der Waals surface area (Å²) in [6.45, 7) is 5.36. The van der Waals surface area contributed by atoms with Crippen LogP contribution in [0.4, 0.5) is 26.3 Å². The van der Waals surface area contributed by atoms with Crippen LogP contribution in [0.5, 0.6) is 0 Å². The van der Waals surface area contributed by atoms with E-state index in [2.05, 4.69) is 0 Å². The van der Waals surface area contributed by atoms with Gasteiger partial charge in [0.05, 0.1) is 0 Å². The Hall–Kier alpha value is 0.299. The van der Waals surface area contributed by atoms with Crippen LogP contribution in [0.2, 0.25) is 0 Å². The van der Waals surface area contributed by atoms with Gasteiger partial charge in [0.1, 0.15) is 0 Å². The van der Waals surface area contributed by atoms with E-state index in [0.717, 1.165) is 39.5 Å². The Morgan fingerprint density at radius 1 is 0.621 bits per heavy atom. The zero-order valence-electron chi connectivity index (χ0n) is 18.2. The summed E-state index contributed by atoms with van der Waals surface area (Å²) in [6, 6.07) is 0. The van der Waals surface area contributed by atoms with Gasteiger partial charge in [-0.1, -0.05) is 0 Å². The van der Waals surface area contributed by atoms with Gasteiger partial charge in [0.2, 0.25) is 0 Å². The molecule has 0 rings (SSSR count). The van der Waals surface area contributed by atoms with Gasteiger partial charge in [-0.3, -0.25) is 0 Å². The Balaban J connectivity index is 5.89. The molecule has 0 radical (unpaired) electrons. The van der Waals surface area contributed by atoms with E-state index >= 15 is 17.6 Å². The first kappa shape index (κ1) is 29.3. The van der Waals surface area contributed by atoms with Gasteiger partial charge < -0.3 is 0 Å². The van der Waals surface area contributed by atoms with Crippen molar-refractivity contribution in [2.45, 2.75) is 112 Å². The minimum atomic E-state index is -6.97. The molecule has 0 aromatic carbocycles. The average Bonchev–Trinajstić information content (AvgIpc) is 2.69. The minimum absolute atomic E-state index is 0.268. The van der Waals surface area contributed by atoms with Crippen LogP contribution in [0.15, 0.2) is 0 Å². The molecular weight excluding hydrogens is 505 g/mol. The van der Waals surface area contributed by atoms with Crippen molar-refractivity contribution < 1.29 is 32.5 Å². The zero-order chi connectivity index (χ0) is 22.6. The maximum absolute atomic E-state index is 15.1. The number of rotatable bonds is 18. The molecule has 0 bridgehead atoms. The van der Waals surface area contributed by atoms with E-state index in [-0.39, 0.29) is 12.8 Å². The summed E-state index contributed by atoms with van der Waals surface area (Å²) in [5.74, 6) is 0. The third kappa shape index (κ3) is 7.74. The second-order valence-electron chi connectivity index (χ2n) is 7.43. The van der Waals surface area contributed by atoms with Gasteiger partial charge in [-0.25, -0.2) is 0 Å². The van der Waals surface area contributed by atoms with Crippen molar-refractivity contribution in [3.63, 3.8) is 0 Å². The van der Waals surface area contributed by atoms with E-state index in [9.17, 15) is 8.78 Å². The van der Waals surface area contributed by atoms with E-state index in [1.165, 1.54) is 0 Å². The van der Waals surface area contributed by atoms with Gasteiger partial charge in [-0.15, -0.1) is 0 Å². The van der Waals surface area contributed by atoms with E-state index in [4.69, 9.17) is 6.15 Å². The standard InChI is InChI=1S/2C6H13O.2C4H6F3.Sn/c2*1-2-3-4-5-6-7;2*1-2-3(5)4(6)7;/h2*2-6H2,1H3;2*3H,2H2,1H3;/q2*-1;;;+2. The molecule has 0 N–H and O–H groups in total. The molecule has 0 heterocycles. The van der Waals surface area contributed by atoms with Crippen molar-refractivity contribution in [3.05, 3.63) is 0 Å². The van der Waals surface area contributed by atoms with Crippen LogP contribution < -0.4 is 0 Å². The van der Waals surface area contributed by atoms with Crippen LogP contribution >= 0.6 is 0 Å². The topological polar surface area (TPSA) is 18.5 Å². The van der Waals surface area contributed by atoms with Gasteiger partial charge in [0.15, 0.2) is 0 Å². The van der Waals surface area contributed by atoms with E-state index in [1.54, 1.807) is 0 Å². The van der Waals surface area contributed by atoms with Gasteiger partial charge in [-0.2, -0.15) is 0 Å². The molecule has 0 spiro atoms. The van der Waals surface area contributed by atoms with Gasteiger partial charge in [-0.05, 0) is 0 Å². The molecule has 2 unspecified atom stereocenters. The SMILES string of the molecule is CCCCCC[O][Sn]([O]CCCCCC)([C](F)(F)C(F)CC)[C](F)(F)C(F)CC. The summed E-state index contributed by atoms with van der Waals surface area (Å²) in [7, 11) is 0. The monoisotopic (exact) mass is 544 g/mol. The van der Waals surface area contributed by atoms with Crippen LogP contribution in [0.3, 0.4) is 0 Å². The summed E-state index contributed by atoms with van der Waals surface area (Å²) in [5, 5.41) is 0. The van der Waals surface area contributed by atoms with Crippen molar-refractivity contribution in [2.75, 3.05) is 13.2 Å². The van der Waals surface area contributed by atoms with Crippen molar-refractivity contribution >= 4 is 19.2 Å². The predicted octanol–water partition coefficient (Wildman–Crippen LogP) is 7.47. The van der Waals surface area contributed by atoms with Gasteiger partial charge in [0.25, 0.3) is 0 Å². The van der Waals surface area contributed by atoms with Crippen LogP contribution in [0.1, 0.15) is 91.9 Å². The third-order valence-electron chi connectivity index (χ3n) is 4.99. The van der Waals surface area contributed by atoms with Crippen LogP contribution in [-0.4, -0.2) is 52.6 Å². The average molecular weight is 543 g/mol. The predicted molar refractivity (Wildman–Crippen MR) is 106 cm³/mol. The van der Waals surface area contributed by atoms with Crippen LogP contribution in [0.25, 0.3) is 0 Å². The molecule has 2 atom stereocenters. The molecule has 0 amide bonds. The van der Waals surface area contributed by atoms with Crippen molar-refractivity contribution in [2.24, 2.45) is 0 Å². The number of alkyl halides is 6. The van der Waals surface area contributed by atoms with Crippen molar-refractivity contribution in [1.82, 2.24) is 0 Å². The summed E-state index contributed by atoms with van der Waals surface area (Å²) >= 11 is -6.97. The van der Waals surface area contributed by atoms with Crippen LogP contribution in [-0.2, 0) is 6.15 Å². The number of hydrogen-bond acceptors (Lipinski definition) is 2. The molecule has 176 valence electrons. The quantitative estimate of drug-likeness (QED) is 0.102. The molecule has 0 aliphatic rings. The molecule has 29 heavy (non-hydrogen) atoms. The fourth-order valence-electron chi connectivity index (χ4n) is 3.06. The zero-order valence-corrected chi connectivity index (χ0v) is 21.1. The first-order valence-corrected chi connectivity index (χ1v) is 16.1. The summed E-state index contributed by atoms with van der Waals surface area (Å²) in [4.78, 5) is 0. The maximum atomic E-state index is 15.1. The number of hydrogen-bond donors (Lipinski definition) is 0. The fourth-order valence-corrected chi connectivity index (χ4v) is 12.8. The Morgan fingerprint density at radius 3 is 1.24 bits per heavy atom. The fraction of sp³-hybridized carbons (Fsp3) is 1.00. The number of halogens is 6. The van der Waals surface area contributed by atoms with Gasteiger partial charge in [0, 0.05) is 0 Å². The molecule has 9 heteroatoms. The van der Waals surface area contributed by atoms with Crippen LogP contribution in [0, 0.1) is 0 Å². The van der Waals surface area contributed by atoms with Crippen molar-refractivity contribution in [3.8, 4) is 0 Å².